The summed E-state index contributed by atoms with van der Waals surface area (Å²) in [5, 5.41) is 9.44. The summed E-state index contributed by atoms with van der Waals surface area (Å²) in [4.78, 5) is 8.81. The zero-order chi connectivity index (χ0) is 18.1. The Kier molecular flexibility index (Phi) is 4.31. The summed E-state index contributed by atoms with van der Waals surface area (Å²) in [6.07, 6.45) is 3.34. The van der Waals surface area contributed by atoms with Crippen molar-refractivity contribution in [1.29, 1.82) is 0 Å². The van der Waals surface area contributed by atoms with E-state index in [1.54, 1.807) is 17.2 Å². The summed E-state index contributed by atoms with van der Waals surface area (Å²) in [5.41, 5.74) is 5.18. The lowest BCUT2D eigenvalue weighted by Gasteiger charge is -2.09. The van der Waals surface area contributed by atoms with Crippen molar-refractivity contribution in [1.82, 2.24) is 19.7 Å². The number of hydrogen-bond acceptors (Lipinski definition) is 4. The van der Waals surface area contributed by atoms with E-state index in [-0.39, 0.29) is 0 Å². The first-order valence-corrected chi connectivity index (χ1v) is 8.74. The number of aromatic nitrogens is 4. The van der Waals surface area contributed by atoms with Gasteiger partial charge in [-0.1, -0.05) is 47.5 Å². The Bertz CT molecular complexity index is 1070. The van der Waals surface area contributed by atoms with Gasteiger partial charge in [-0.2, -0.15) is 5.10 Å². The third-order valence-corrected chi connectivity index (χ3v) is 4.58. The van der Waals surface area contributed by atoms with Gasteiger partial charge in [0.05, 0.1) is 17.3 Å². The minimum atomic E-state index is 0.668. The molecule has 2 aromatic carbocycles. The summed E-state index contributed by atoms with van der Waals surface area (Å²) in [5.74, 6) is 0.765. The molecule has 0 unspecified atom stereocenters. The van der Waals surface area contributed by atoms with Crippen LogP contribution in [-0.2, 0) is 6.54 Å². The molecule has 0 aliphatic heterocycles. The van der Waals surface area contributed by atoms with Gasteiger partial charge in [-0.05, 0) is 37.1 Å². The van der Waals surface area contributed by atoms with Gasteiger partial charge in [-0.3, -0.25) is 0 Å². The molecule has 2 heterocycles. The van der Waals surface area contributed by atoms with Crippen molar-refractivity contribution in [3.8, 4) is 5.69 Å². The monoisotopic (exact) mass is 363 g/mol. The van der Waals surface area contributed by atoms with E-state index in [9.17, 15) is 0 Å². The molecule has 2 aromatic heterocycles. The molecule has 130 valence electrons. The van der Waals surface area contributed by atoms with E-state index >= 15 is 0 Å². The molecule has 0 aliphatic rings. The number of hydrogen-bond donors (Lipinski definition) is 1. The quantitative estimate of drug-likeness (QED) is 0.571. The smallest absolute Gasteiger partial charge is 0.168 e. The Morgan fingerprint density at radius 1 is 1.04 bits per heavy atom. The first kappa shape index (κ1) is 16.5. The fraction of sp³-hybridized carbons (Fsp3) is 0.150. The molecule has 0 saturated carbocycles. The van der Waals surface area contributed by atoms with Crippen molar-refractivity contribution >= 4 is 28.5 Å². The van der Waals surface area contributed by atoms with Crippen molar-refractivity contribution in [2.75, 3.05) is 5.32 Å². The largest absolute Gasteiger partial charge is 0.365 e. The standard InChI is InChI=1S/C20H18ClN5/c1-13-3-6-15(7-4-13)10-22-19-17-11-25-26(20(17)24-12-23-19)18-9-16(21)8-5-14(18)2/h3-9,11-12H,10H2,1-2H3,(H,22,23,24). The molecule has 0 saturated heterocycles. The van der Waals surface area contributed by atoms with Gasteiger partial charge in [0.2, 0.25) is 0 Å². The van der Waals surface area contributed by atoms with Gasteiger partial charge in [-0.15, -0.1) is 0 Å². The Labute approximate surface area is 156 Å². The van der Waals surface area contributed by atoms with E-state index in [0.717, 1.165) is 28.1 Å². The summed E-state index contributed by atoms with van der Waals surface area (Å²) in [6, 6.07) is 14.2. The highest BCUT2D eigenvalue weighted by Gasteiger charge is 2.13. The molecule has 26 heavy (non-hydrogen) atoms. The molecule has 0 bridgehead atoms. The van der Waals surface area contributed by atoms with Crippen molar-refractivity contribution in [3.05, 3.63) is 76.7 Å². The molecule has 0 aliphatic carbocycles. The molecular formula is C20H18ClN5. The second-order valence-corrected chi connectivity index (χ2v) is 6.72. The number of anilines is 1. The van der Waals surface area contributed by atoms with Crippen LogP contribution in [0.4, 0.5) is 5.82 Å². The Morgan fingerprint density at radius 3 is 2.65 bits per heavy atom. The van der Waals surface area contributed by atoms with Crippen LogP contribution in [0.3, 0.4) is 0 Å². The van der Waals surface area contributed by atoms with Crippen molar-refractivity contribution < 1.29 is 0 Å². The predicted molar refractivity (Wildman–Crippen MR) is 105 cm³/mol. The van der Waals surface area contributed by atoms with Gasteiger partial charge in [0.1, 0.15) is 12.1 Å². The van der Waals surface area contributed by atoms with Crippen LogP contribution >= 0.6 is 11.6 Å². The van der Waals surface area contributed by atoms with Crippen LogP contribution in [0, 0.1) is 13.8 Å². The third-order valence-electron chi connectivity index (χ3n) is 4.35. The highest BCUT2D eigenvalue weighted by atomic mass is 35.5. The lowest BCUT2D eigenvalue weighted by Crippen LogP contribution is -2.04. The van der Waals surface area contributed by atoms with E-state index in [1.807, 2.05) is 25.1 Å². The summed E-state index contributed by atoms with van der Waals surface area (Å²) in [7, 11) is 0. The molecule has 5 nitrogen and oxygen atoms in total. The average molecular weight is 364 g/mol. The van der Waals surface area contributed by atoms with E-state index in [2.05, 4.69) is 51.6 Å². The lowest BCUT2D eigenvalue weighted by molar-refractivity contribution is 0.887. The second kappa shape index (κ2) is 6.77. The molecule has 0 amide bonds. The zero-order valence-corrected chi connectivity index (χ0v) is 15.3. The Morgan fingerprint density at radius 2 is 1.85 bits per heavy atom. The summed E-state index contributed by atoms with van der Waals surface area (Å²) in [6.45, 7) is 4.79. The second-order valence-electron chi connectivity index (χ2n) is 6.29. The third kappa shape index (κ3) is 3.13. The maximum atomic E-state index is 6.16. The number of rotatable bonds is 4. The SMILES string of the molecule is Cc1ccc(CNc2ncnc3c2cnn3-c2cc(Cl)ccc2C)cc1. The minimum absolute atomic E-state index is 0.668. The molecule has 0 spiro atoms. The van der Waals surface area contributed by atoms with Crippen LogP contribution < -0.4 is 5.32 Å². The Balaban J connectivity index is 1.69. The number of nitrogens with one attached hydrogen (secondary N) is 1. The highest BCUT2D eigenvalue weighted by molar-refractivity contribution is 6.30. The average Bonchev–Trinajstić information content (AvgIpc) is 3.08. The molecule has 4 rings (SSSR count). The van der Waals surface area contributed by atoms with Gasteiger partial charge >= 0.3 is 0 Å². The fourth-order valence-electron chi connectivity index (χ4n) is 2.86. The normalized spacial score (nSPS) is 11.0. The molecule has 0 atom stereocenters. The number of benzene rings is 2. The number of halogens is 1. The molecule has 1 N–H and O–H groups in total. The van der Waals surface area contributed by atoms with Gasteiger partial charge in [0.25, 0.3) is 0 Å². The Hall–Kier alpha value is -2.92. The van der Waals surface area contributed by atoms with Crippen molar-refractivity contribution in [2.24, 2.45) is 0 Å². The maximum Gasteiger partial charge on any atom is 0.168 e. The first-order chi connectivity index (χ1) is 12.6. The number of aryl methyl sites for hydroxylation is 2. The van der Waals surface area contributed by atoms with Gasteiger partial charge < -0.3 is 5.32 Å². The highest BCUT2D eigenvalue weighted by Crippen LogP contribution is 2.25. The van der Waals surface area contributed by atoms with E-state index < -0.39 is 0 Å². The molecule has 0 radical (unpaired) electrons. The lowest BCUT2D eigenvalue weighted by atomic mass is 10.1. The maximum absolute atomic E-state index is 6.16. The van der Waals surface area contributed by atoms with Crippen molar-refractivity contribution in [2.45, 2.75) is 20.4 Å². The predicted octanol–water partition coefficient (Wildman–Crippen LogP) is 4.70. The molecular weight excluding hydrogens is 346 g/mol. The fourth-order valence-corrected chi connectivity index (χ4v) is 3.03. The van der Waals surface area contributed by atoms with Gasteiger partial charge in [0.15, 0.2) is 5.65 Å². The van der Waals surface area contributed by atoms with Crippen molar-refractivity contribution in [3.63, 3.8) is 0 Å². The minimum Gasteiger partial charge on any atom is -0.365 e. The number of nitrogens with zero attached hydrogens (tertiary/aromatic N) is 4. The topological polar surface area (TPSA) is 55.6 Å². The zero-order valence-electron chi connectivity index (χ0n) is 14.6. The van der Waals surface area contributed by atoms with Crippen LogP contribution in [-0.4, -0.2) is 19.7 Å². The van der Waals surface area contributed by atoms with E-state index in [4.69, 9.17) is 11.6 Å². The molecule has 0 fully saturated rings. The summed E-state index contributed by atoms with van der Waals surface area (Å²) < 4.78 is 1.80. The van der Waals surface area contributed by atoms with E-state index in [1.165, 1.54) is 11.1 Å². The van der Waals surface area contributed by atoms with Crippen LogP contribution in [0.15, 0.2) is 55.0 Å². The molecule has 4 aromatic rings. The van der Waals surface area contributed by atoms with Gasteiger partial charge in [0, 0.05) is 11.6 Å². The van der Waals surface area contributed by atoms with Crippen LogP contribution in [0.2, 0.25) is 5.02 Å². The van der Waals surface area contributed by atoms with Gasteiger partial charge in [-0.25, -0.2) is 14.6 Å². The molecule has 6 heteroatoms. The van der Waals surface area contributed by atoms with E-state index in [0.29, 0.717) is 11.6 Å². The first-order valence-electron chi connectivity index (χ1n) is 8.36. The van der Waals surface area contributed by atoms with Crippen LogP contribution in [0.1, 0.15) is 16.7 Å². The van der Waals surface area contributed by atoms with Crippen LogP contribution in [0.25, 0.3) is 16.7 Å². The summed E-state index contributed by atoms with van der Waals surface area (Å²) >= 11 is 6.16. The number of fused-ring (bicyclic) bond motifs is 1. The van der Waals surface area contributed by atoms with Crippen LogP contribution in [0.5, 0.6) is 0 Å².